The largest absolute Gasteiger partial charge is 0.465 e. The van der Waals surface area contributed by atoms with Crippen LogP contribution in [0.25, 0.3) is 0 Å². The molecular formula is C17H24N4O3. The zero-order valence-corrected chi connectivity index (χ0v) is 14.3. The summed E-state index contributed by atoms with van der Waals surface area (Å²) in [6, 6.07) is 4.69. The van der Waals surface area contributed by atoms with E-state index in [1.54, 1.807) is 0 Å². The molecule has 0 amide bonds. The van der Waals surface area contributed by atoms with Gasteiger partial charge >= 0.3 is 6.01 Å². The molecule has 2 aliphatic rings. The van der Waals surface area contributed by atoms with Crippen LogP contribution in [0.4, 0.5) is 6.01 Å². The van der Waals surface area contributed by atoms with E-state index in [-0.39, 0.29) is 5.60 Å². The number of hydrogen-bond acceptors (Lipinski definition) is 7. The average Bonchev–Trinajstić information content (AvgIpc) is 3.16. The van der Waals surface area contributed by atoms with Crippen molar-refractivity contribution in [3.05, 3.63) is 29.5 Å². The van der Waals surface area contributed by atoms with Crippen LogP contribution in [0.2, 0.25) is 0 Å². The molecule has 0 saturated carbocycles. The van der Waals surface area contributed by atoms with Crippen molar-refractivity contribution in [2.45, 2.75) is 38.8 Å². The number of aromatic nitrogens is 2. The van der Waals surface area contributed by atoms with Crippen molar-refractivity contribution in [3.63, 3.8) is 0 Å². The minimum atomic E-state index is -0.166. The minimum absolute atomic E-state index is 0.166. The second kappa shape index (κ2) is 6.22. The van der Waals surface area contributed by atoms with Crippen LogP contribution in [0.5, 0.6) is 0 Å². The van der Waals surface area contributed by atoms with Gasteiger partial charge < -0.3 is 18.5 Å². The van der Waals surface area contributed by atoms with Crippen LogP contribution in [0.1, 0.15) is 30.3 Å². The normalized spacial score (nSPS) is 25.5. The topological polar surface area (TPSA) is 67.8 Å². The molecule has 2 aromatic heterocycles. The lowest BCUT2D eigenvalue weighted by Crippen LogP contribution is -2.59. The minimum Gasteiger partial charge on any atom is -0.465 e. The lowest BCUT2D eigenvalue weighted by molar-refractivity contribution is -0.117. The highest BCUT2D eigenvalue weighted by Crippen LogP contribution is 2.31. The molecule has 2 fully saturated rings. The predicted octanol–water partition coefficient (Wildman–Crippen LogP) is 2.15. The van der Waals surface area contributed by atoms with E-state index in [1.165, 1.54) is 0 Å². The fourth-order valence-corrected chi connectivity index (χ4v) is 3.77. The van der Waals surface area contributed by atoms with Crippen LogP contribution in [-0.4, -0.2) is 53.5 Å². The smallest absolute Gasteiger partial charge is 0.318 e. The summed E-state index contributed by atoms with van der Waals surface area (Å²) in [4.78, 5) is 4.58. The Kier molecular flexibility index (Phi) is 4.05. The van der Waals surface area contributed by atoms with Crippen LogP contribution >= 0.6 is 0 Å². The number of anilines is 1. The lowest BCUT2D eigenvalue weighted by atomic mass is 9.91. The second-order valence-electron chi connectivity index (χ2n) is 6.88. The molecule has 7 nitrogen and oxygen atoms in total. The number of nitrogens with zero attached hydrogens (tertiary/aromatic N) is 4. The quantitative estimate of drug-likeness (QED) is 0.853. The molecule has 2 aromatic rings. The van der Waals surface area contributed by atoms with Gasteiger partial charge in [-0.25, -0.2) is 0 Å². The standard InChI is InChI=1S/C17H24N4O3/c1-13-4-5-15(23-13)10-20-8-9-22-17(11-20)6-3-7-21(12-17)16-19-18-14(2)24-16/h4-5H,3,6-12H2,1-2H3/t17-/m0/s1. The molecule has 1 spiro atoms. The van der Waals surface area contributed by atoms with Crippen molar-refractivity contribution in [1.82, 2.24) is 15.1 Å². The van der Waals surface area contributed by atoms with Gasteiger partial charge in [0.2, 0.25) is 5.89 Å². The van der Waals surface area contributed by atoms with Gasteiger partial charge in [0.1, 0.15) is 11.5 Å². The molecule has 0 aliphatic carbocycles. The average molecular weight is 332 g/mol. The maximum atomic E-state index is 6.23. The molecule has 4 heterocycles. The monoisotopic (exact) mass is 332 g/mol. The Morgan fingerprint density at radius 1 is 1.12 bits per heavy atom. The van der Waals surface area contributed by atoms with Crippen molar-refractivity contribution in [1.29, 1.82) is 0 Å². The molecule has 0 N–H and O–H groups in total. The Balaban J connectivity index is 1.45. The first-order chi connectivity index (χ1) is 11.6. The molecule has 0 unspecified atom stereocenters. The maximum Gasteiger partial charge on any atom is 0.318 e. The first kappa shape index (κ1) is 15.7. The highest BCUT2D eigenvalue weighted by Gasteiger charge is 2.41. The first-order valence-corrected chi connectivity index (χ1v) is 8.59. The van der Waals surface area contributed by atoms with Crippen LogP contribution < -0.4 is 4.90 Å². The van der Waals surface area contributed by atoms with Crippen molar-refractivity contribution < 1.29 is 13.6 Å². The Bertz CT molecular complexity index is 694. The number of piperidine rings is 1. The molecule has 1 atom stereocenters. The summed E-state index contributed by atoms with van der Waals surface area (Å²) >= 11 is 0. The summed E-state index contributed by atoms with van der Waals surface area (Å²) in [5.41, 5.74) is -0.166. The highest BCUT2D eigenvalue weighted by molar-refractivity contribution is 5.27. The SMILES string of the molecule is Cc1ccc(CN2CCO[C@@]3(CCCN(c4nnc(C)o4)C3)C2)o1. The van der Waals surface area contributed by atoms with Crippen LogP contribution in [0.3, 0.4) is 0 Å². The summed E-state index contributed by atoms with van der Waals surface area (Å²) in [5.74, 6) is 2.58. The van der Waals surface area contributed by atoms with E-state index >= 15 is 0 Å². The number of ether oxygens (including phenoxy) is 1. The van der Waals surface area contributed by atoms with Gasteiger partial charge in [0.15, 0.2) is 0 Å². The fraction of sp³-hybridized carbons (Fsp3) is 0.647. The van der Waals surface area contributed by atoms with Crippen LogP contribution in [0, 0.1) is 13.8 Å². The highest BCUT2D eigenvalue weighted by atomic mass is 16.5. The van der Waals surface area contributed by atoms with Gasteiger partial charge in [0, 0.05) is 26.6 Å². The Morgan fingerprint density at radius 2 is 2.04 bits per heavy atom. The van der Waals surface area contributed by atoms with Crippen molar-refractivity contribution in [3.8, 4) is 0 Å². The zero-order valence-electron chi connectivity index (χ0n) is 14.3. The van der Waals surface area contributed by atoms with Gasteiger partial charge in [0.05, 0.1) is 25.3 Å². The molecule has 0 radical (unpaired) electrons. The number of rotatable bonds is 3. The van der Waals surface area contributed by atoms with E-state index in [9.17, 15) is 0 Å². The van der Waals surface area contributed by atoms with Crippen molar-refractivity contribution >= 4 is 6.01 Å². The van der Waals surface area contributed by atoms with E-state index in [4.69, 9.17) is 13.6 Å². The Labute approximate surface area is 141 Å². The fourth-order valence-electron chi connectivity index (χ4n) is 3.77. The van der Waals surface area contributed by atoms with Gasteiger partial charge in [-0.05, 0) is 31.9 Å². The van der Waals surface area contributed by atoms with Gasteiger partial charge in [0.25, 0.3) is 0 Å². The third-order valence-corrected chi connectivity index (χ3v) is 4.83. The molecule has 7 heteroatoms. The van der Waals surface area contributed by atoms with Crippen LogP contribution in [-0.2, 0) is 11.3 Å². The summed E-state index contributed by atoms with van der Waals surface area (Å²) in [7, 11) is 0. The number of aryl methyl sites for hydroxylation is 2. The molecule has 2 aliphatic heterocycles. The molecule has 24 heavy (non-hydrogen) atoms. The van der Waals surface area contributed by atoms with E-state index in [0.717, 1.165) is 63.7 Å². The molecule has 4 rings (SSSR count). The van der Waals surface area contributed by atoms with Gasteiger partial charge in [-0.1, -0.05) is 5.10 Å². The summed E-state index contributed by atoms with van der Waals surface area (Å²) in [6.07, 6.45) is 2.12. The van der Waals surface area contributed by atoms with Gasteiger partial charge in [-0.3, -0.25) is 4.90 Å². The molecule has 2 saturated heterocycles. The van der Waals surface area contributed by atoms with Crippen molar-refractivity contribution in [2.75, 3.05) is 37.7 Å². The molecule has 0 aromatic carbocycles. The Hall–Kier alpha value is -1.86. The van der Waals surface area contributed by atoms with Crippen LogP contribution in [0.15, 0.2) is 21.0 Å². The van der Waals surface area contributed by atoms with E-state index < -0.39 is 0 Å². The second-order valence-corrected chi connectivity index (χ2v) is 6.88. The van der Waals surface area contributed by atoms with E-state index in [2.05, 4.69) is 26.1 Å². The van der Waals surface area contributed by atoms with Crippen molar-refractivity contribution in [2.24, 2.45) is 0 Å². The number of furan rings is 1. The Morgan fingerprint density at radius 3 is 2.79 bits per heavy atom. The maximum absolute atomic E-state index is 6.23. The molecular weight excluding hydrogens is 308 g/mol. The third-order valence-electron chi connectivity index (χ3n) is 4.83. The zero-order chi connectivity index (χ0) is 16.6. The summed E-state index contributed by atoms with van der Waals surface area (Å²) < 4.78 is 17.6. The lowest BCUT2D eigenvalue weighted by Gasteiger charge is -2.47. The first-order valence-electron chi connectivity index (χ1n) is 8.59. The third kappa shape index (κ3) is 3.18. The van der Waals surface area contributed by atoms with E-state index in [1.807, 2.05) is 19.9 Å². The van der Waals surface area contributed by atoms with Gasteiger partial charge in [-0.2, -0.15) is 0 Å². The number of morpholine rings is 1. The van der Waals surface area contributed by atoms with E-state index in [0.29, 0.717) is 11.9 Å². The summed E-state index contributed by atoms with van der Waals surface area (Å²) in [5, 5.41) is 8.11. The molecule has 0 bridgehead atoms. The summed E-state index contributed by atoms with van der Waals surface area (Å²) in [6.45, 7) is 8.94. The molecule has 130 valence electrons. The van der Waals surface area contributed by atoms with Gasteiger partial charge in [-0.15, -0.1) is 5.10 Å². The predicted molar refractivity (Wildman–Crippen MR) is 87.9 cm³/mol. The number of hydrogen-bond donors (Lipinski definition) is 0.